The third kappa shape index (κ3) is 1.63. The molecular weight excluding hydrogens is 194 g/mol. The summed E-state index contributed by atoms with van der Waals surface area (Å²) in [5.74, 6) is -1.36. The first-order chi connectivity index (χ1) is 5.43. The highest BCUT2D eigenvalue weighted by molar-refractivity contribution is 7.71. The van der Waals surface area contributed by atoms with E-state index in [1.807, 2.05) is 0 Å². The Morgan fingerprint density at radius 1 is 1.33 bits per heavy atom. The standard InChI is InChI=1S/C6H3F4NS/c7-3-1-2-11-5(12)4(3)6(8,9)10/h1-2H,(H,11,12). The van der Waals surface area contributed by atoms with Crippen molar-refractivity contribution in [1.82, 2.24) is 4.98 Å². The summed E-state index contributed by atoms with van der Waals surface area (Å²) in [7, 11) is 0. The number of pyridine rings is 1. The predicted molar refractivity (Wildman–Crippen MR) is 36.6 cm³/mol. The molecule has 6 heteroatoms. The van der Waals surface area contributed by atoms with Crippen molar-refractivity contribution in [3.05, 3.63) is 28.3 Å². The SMILES string of the molecule is Fc1cc[nH]c(=S)c1C(F)(F)F. The lowest BCUT2D eigenvalue weighted by molar-refractivity contribution is -0.140. The molecule has 12 heavy (non-hydrogen) atoms. The number of halogens is 4. The first-order valence-electron chi connectivity index (χ1n) is 2.87. The summed E-state index contributed by atoms with van der Waals surface area (Å²) in [4.78, 5) is 2.10. The van der Waals surface area contributed by atoms with Gasteiger partial charge in [0.25, 0.3) is 0 Å². The maximum atomic E-state index is 12.5. The number of H-pyrrole nitrogens is 1. The molecule has 0 saturated carbocycles. The summed E-state index contributed by atoms with van der Waals surface area (Å²) < 4.78 is 47.9. The summed E-state index contributed by atoms with van der Waals surface area (Å²) >= 11 is 4.27. The second kappa shape index (κ2) is 2.85. The van der Waals surface area contributed by atoms with Crippen molar-refractivity contribution in [1.29, 1.82) is 0 Å². The number of aromatic nitrogens is 1. The number of rotatable bonds is 0. The summed E-state index contributed by atoms with van der Waals surface area (Å²) in [5.41, 5.74) is -1.42. The van der Waals surface area contributed by atoms with Gasteiger partial charge in [-0.15, -0.1) is 0 Å². The van der Waals surface area contributed by atoms with Gasteiger partial charge in [0.2, 0.25) is 0 Å². The summed E-state index contributed by atoms with van der Waals surface area (Å²) in [5, 5.41) is 0. The fraction of sp³-hybridized carbons (Fsp3) is 0.167. The monoisotopic (exact) mass is 197 g/mol. The number of nitrogens with one attached hydrogen (secondary N) is 1. The molecule has 0 amide bonds. The molecule has 0 radical (unpaired) electrons. The smallest absolute Gasteiger partial charge is 0.352 e. The van der Waals surface area contributed by atoms with Gasteiger partial charge in [0, 0.05) is 6.20 Å². The van der Waals surface area contributed by atoms with E-state index in [2.05, 4.69) is 17.2 Å². The van der Waals surface area contributed by atoms with Crippen LogP contribution in [0.1, 0.15) is 5.56 Å². The van der Waals surface area contributed by atoms with Crippen molar-refractivity contribution in [3.8, 4) is 0 Å². The van der Waals surface area contributed by atoms with Gasteiger partial charge in [0.05, 0.1) is 0 Å². The zero-order valence-corrected chi connectivity index (χ0v) is 6.39. The fourth-order valence-corrected chi connectivity index (χ4v) is 1.000. The Morgan fingerprint density at radius 2 is 1.92 bits per heavy atom. The molecule has 0 unspecified atom stereocenters. The lowest BCUT2D eigenvalue weighted by Gasteiger charge is -2.06. The van der Waals surface area contributed by atoms with E-state index >= 15 is 0 Å². The second-order valence-electron chi connectivity index (χ2n) is 2.03. The van der Waals surface area contributed by atoms with Crippen LogP contribution >= 0.6 is 12.2 Å². The lowest BCUT2D eigenvalue weighted by Crippen LogP contribution is -2.09. The zero-order chi connectivity index (χ0) is 9.35. The number of alkyl halides is 3. The topological polar surface area (TPSA) is 15.8 Å². The van der Waals surface area contributed by atoms with E-state index < -0.39 is 22.2 Å². The van der Waals surface area contributed by atoms with Gasteiger partial charge in [0.15, 0.2) is 0 Å². The number of hydrogen-bond donors (Lipinski definition) is 1. The molecule has 1 rings (SSSR count). The Labute approximate surface area is 70.0 Å². The molecule has 0 aliphatic carbocycles. The quantitative estimate of drug-likeness (QED) is 0.499. The third-order valence-electron chi connectivity index (χ3n) is 1.19. The third-order valence-corrected chi connectivity index (χ3v) is 1.52. The number of hydrogen-bond acceptors (Lipinski definition) is 1. The van der Waals surface area contributed by atoms with Crippen LogP contribution in [0.4, 0.5) is 17.6 Å². The fourth-order valence-electron chi connectivity index (χ4n) is 0.719. The Kier molecular flexibility index (Phi) is 2.18. The van der Waals surface area contributed by atoms with Crippen molar-refractivity contribution < 1.29 is 17.6 Å². The first-order valence-corrected chi connectivity index (χ1v) is 3.28. The van der Waals surface area contributed by atoms with E-state index in [-0.39, 0.29) is 0 Å². The van der Waals surface area contributed by atoms with Crippen LogP contribution < -0.4 is 0 Å². The molecule has 1 aromatic rings. The molecule has 0 aliphatic heterocycles. The van der Waals surface area contributed by atoms with E-state index in [1.165, 1.54) is 0 Å². The van der Waals surface area contributed by atoms with Crippen LogP contribution in [-0.4, -0.2) is 4.98 Å². The zero-order valence-electron chi connectivity index (χ0n) is 5.57. The molecule has 1 heterocycles. The Balaban J connectivity index is 3.42. The molecule has 0 aliphatic rings. The minimum atomic E-state index is -4.74. The predicted octanol–water partition coefficient (Wildman–Crippen LogP) is 2.90. The van der Waals surface area contributed by atoms with Gasteiger partial charge in [-0.25, -0.2) is 4.39 Å². The van der Waals surface area contributed by atoms with E-state index in [0.717, 1.165) is 6.20 Å². The van der Waals surface area contributed by atoms with Crippen LogP contribution in [0, 0.1) is 10.5 Å². The average molecular weight is 197 g/mol. The van der Waals surface area contributed by atoms with Crippen molar-refractivity contribution in [3.63, 3.8) is 0 Å². The molecule has 0 bridgehead atoms. The molecule has 1 N–H and O–H groups in total. The Morgan fingerprint density at radius 3 is 2.25 bits per heavy atom. The minimum absolute atomic E-state index is 0.637. The molecule has 0 aromatic carbocycles. The highest BCUT2D eigenvalue weighted by Gasteiger charge is 2.35. The maximum Gasteiger partial charge on any atom is 0.422 e. The van der Waals surface area contributed by atoms with E-state index in [4.69, 9.17) is 0 Å². The van der Waals surface area contributed by atoms with Gasteiger partial charge in [-0.2, -0.15) is 13.2 Å². The Hall–Kier alpha value is -0.910. The first kappa shape index (κ1) is 9.18. The van der Waals surface area contributed by atoms with E-state index in [0.29, 0.717) is 6.07 Å². The van der Waals surface area contributed by atoms with Crippen LogP contribution in [0.5, 0.6) is 0 Å². The van der Waals surface area contributed by atoms with Crippen molar-refractivity contribution in [2.45, 2.75) is 6.18 Å². The normalized spacial score (nSPS) is 11.7. The van der Waals surface area contributed by atoms with E-state index in [1.54, 1.807) is 0 Å². The summed E-state index contributed by atoms with van der Waals surface area (Å²) in [6.45, 7) is 0. The number of aromatic amines is 1. The van der Waals surface area contributed by atoms with Crippen molar-refractivity contribution in [2.24, 2.45) is 0 Å². The molecule has 0 fully saturated rings. The van der Waals surface area contributed by atoms with E-state index in [9.17, 15) is 17.6 Å². The summed E-state index contributed by atoms with van der Waals surface area (Å²) in [6, 6.07) is 0.679. The van der Waals surface area contributed by atoms with Gasteiger partial charge >= 0.3 is 6.18 Å². The van der Waals surface area contributed by atoms with Crippen LogP contribution in [0.2, 0.25) is 0 Å². The molecule has 1 nitrogen and oxygen atoms in total. The molecule has 0 atom stereocenters. The average Bonchev–Trinajstić information content (AvgIpc) is 1.82. The molecule has 1 aromatic heterocycles. The van der Waals surface area contributed by atoms with Gasteiger partial charge in [-0.1, -0.05) is 12.2 Å². The van der Waals surface area contributed by atoms with Gasteiger partial charge in [-0.05, 0) is 6.07 Å². The van der Waals surface area contributed by atoms with Crippen LogP contribution in [0.15, 0.2) is 12.3 Å². The highest BCUT2D eigenvalue weighted by atomic mass is 32.1. The minimum Gasteiger partial charge on any atom is -0.352 e. The largest absolute Gasteiger partial charge is 0.422 e. The van der Waals surface area contributed by atoms with Gasteiger partial charge < -0.3 is 4.98 Å². The molecular formula is C6H3F4NS. The second-order valence-corrected chi connectivity index (χ2v) is 2.44. The van der Waals surface area contributed by atoms with Crippen molar-refractivity contribution >= 4 is 12.2 Å². The molecule has 0 spiro atoms. The van der Waals surface area contributed by atoms with Crippen LogP contribution in [0.25, 0.3) is 0 Å². The van der Waals surface area contributed by atoms with Crippen molar-refractivity contribution in [2.75, 3.05) is 0 Å². The van der Waals surface area contributed by atoms with Gasteiger partial charge in [0.1, 0.15) is 16.0 Å². The van der Waals surface area contributed by atoms with Crippen LogP contribution in [0.3, 0.4) is 0 Å². The van der Waals surface area contributed by atoms with Crippen LogP contribution in [-0.2, 0) is 6.18 Å². The molecule has 0 saturated heterocycles. The molecule has 66 valence electrons. The summed E-state index contributed by atoms with van der Waals surface area (Å²) in [6.07, 6.45) is -3.72. The maximum absolute atomic E-state index is 12.5. The Bertz CT molecular complexity index is 340. The van der Waals surface area contributed by atoms with Gasteiger partial charge in [-0.3, -0.25) is 0 Å². The lowest BCUT2D eigenvalue weighted by atomic mass is 10.3. The highest BCUT2D eigenvalue weighted by Crippen LogP contribution is 2.31.